The highest BCUT2D eigenvalue weighted by Gasteiger charge is 2.42. The molecule has 0 bridgehead atoms. The van der Waals surface area contributed by atoms with Gasteiger partial charge in [-0.3, -0.25) is 9.69 Å². The fourth-order valence-electron chi connectivity index (χ4n) is 3.38. The van der Waals surface area contributed by atoms with E-state index in [4.69, 9.17) is 4.74 Å². The molecule has 0 aromatic heterocycles. The highest BCUT2D eigenvalue weighted by atomic mass is 35.5. The Labute approximate surface area is 146 Å². The molecule has 0 aromatic carbocycles. The molecule has 0 unspecified atom stereocenters. The van der Waals surface area contributed by atoms with Gasteiger partial charge in [0.05, 0.1) is 12.0 Å². The van der Waals surface area contributed by atoms with Crippen LogP contribution in [0.2, 0.25) is 0 Å². The molecule has 132 valence electrons. The lowest BCUT2D eigenvalue weighted by atomic mass is 9.78. The standard InChI is InChI=1S/C15H29N3O2.2ClH/c1-13(2)17-8-10-18(11-9-17)14(19)15(12-20-3)4-6-16-7-5-15;;/h13,16H,4-12H2,1-3H3;2*1H. The summed E-state index contributed by atoms with van der Waals surface area (Å²) in [7, 11) is 1.70. The van der Waals surface area contributed by atoms with Gasteiger partial charge in [-0.05, 0) is 39.8 Å². The Hall–Kier alpha value is -0.0700. The second-order valence-corrected chi connectivity index (χ2v) is 6.39. The number of nitrogens with one attached hydrogen (secondary N) is 1. The van der Waals surface area contributed by atoms with Gasteiger partial charge in [-0.2, -0.15) is 0 Å². The van der Waals surface area contributed by atoms with Crippen LogP contribution >= 0.6 is 24.8 Å². The average Bonchev–Trinajstić information content (AvgIpc) is 2.48. The first kappa shape index (κ1) is 21.9. The number of rotatable bonds is 4. The number of amides is 1. The molecular formula is C15H31Cl2N3O2. The molecule has 2 fully saturated rings. The van der Waals surface area contributed by atoms with Gasteiger partial charge in [0.25, 0.3) is 0 Å². The van der Waals surface area contributed by atoms with Crippen molar-refractivity contribution in [3.05, 3.63) is 0 Å². The van der Waals surface area contributed by atoms with E-state index >= 15 is 0 Å². The molecule has 0 aromatic rings. The van der Waals surface area contributed by atoms with E-state index in [1.807, 2.05) is 0 Å². The van der Waals surface area contributed by atoms with Gasteiger partial charge in [-0.1, -0.05) is 0 Å². The largest absolute Gasteiger partial charge is 0.384 e. The van der Waals surface area contributed by atoms with Crippen LogP contribution in [-0.2, 0) is 9.53 Å². The summed E-state index contributed by atoms with van der Waals surface area (Å²) in [5.74, 6) is 0.309. The molecule has 0 radical (unpaired) electrons. The van der Waals surface area contributed by atoms with Crippen molar-refractivity contribution in [2.24, 2.45) is 5.41 Å². The van der Waals surface area contributed by atoms with Gasteiger partial charge >= 0.3 is 0 Å². The molecule has 2 saturated heterocycles. The van der Waals surface area contributed by atoms with Crippen molar-refractivity contribution < 1.29 is 9.53 Å². The molecule has 0 spiro atoms. The van der Waals surface area contributed by atoms with Gasteiger partial charge in [-0.25, -0.2) is 0 Å². The fourth-order valence-corrected chi connectivity index (χ4v) is 3.38. The summed E-state index contributed by atoms with van der Waals surface area (Å²) in [6, 6.07) is 0.569. The normalized spacial score (nSPS) is 21.9. The van der Waals surface area contributed by atoms with Crippen LogP contribution in [0.3, 0.4) is 0 Å². The van der Waals surface area contributed by atoms with E-state index in [0.29, 0.717) is 18.6 Å². The highest BCUT2D eigenvalue weighted by molar-refractivity contribution is 5.85. The molecule has 7 heteroatoms. The van der Waals surface area contributed by atoms with E-state index in [0.717, 1.165) is 52.1 Å². The summed E-state index contributed by atoms with van der Waals surface area (Å²) in [6.07, 6.45) is 1.79. The first-order chi connectivity index (χ1) is 9.59. The quantitative estimate of drug-likeness (QED) is 0.827. The first-order valence-electron chi connectivity index (χ1n) is 7.82. The summed E-state index contributed by atoms with van der Waals surface area (Å²) in [5.41, 5.74) is -0.292. The summed E-state index contributed by atoms with van der Waals surface area (Å²) < 4.78 is 5.37. The second kappa shape index (κ2) is 9.93. The average molecular weight is 356 g/mol. The summed E-state index contributed by atoms with van der Waals surface area (Å²) in [6.45, 7) is 10.5. The molecule has 1 N–H and O–H groups in total. The van der Waals surface area contributed by atoms with E-state index in [1.54, 1.807) is 7.11 Å². The monoisotopic (exact) mass is 355 g/mol. The number of halogens is 2. The number of nitrogens with zero attached hydrogens (tertiary/aromatic N) is 2. The van der Waals surface area contributed by atoms with Crippen LogP contribution in [0.5, 0.6) is 0 Å². The number of carbonyl (C=O) groups is 1. The topological polar surface area (TPSA) is 44.8 Å². The summed E-state index contributed by atoms with van der Waals surface area (Å²) in [5, 5.41) is 3.34. The van der Waals surface area contributed by atoms with Gasteiger partial charge in [0.2, 0.25) is 5.91 Å². The molecule has 5 nitrogen and oxygen atoms in total. The Kier molecular flexibility index (Phi) is 9.90. The lowest BCUT2D eigenvalue weighted by Gasteiger charge is -2.43. The molecule has 1 amide bonds. The number of methoxy groups -OCH3 is 1. The third kappa shape index (κ3) is 4.96. The molecule has 0 aliphatic carbocycles. The molecule has 2 heterocycles. The van der Waals surface area contributed by atoms with Crippen LogP contribution in [0.25, 0.3) is 0 Å². The van der Waals surface area contributed by atoms with Gasteiger partial charge in [-0.15, -0.1) is 24.8 Å². The number of piperidine rings is 1. The lowest BCUT2D eigenvalue weighted by molar-refractivity contribution is -0.149. The van der Waals surface area contributed by atoms with Gasteiger partial charge < -0.3 is 15.0 Å². The van der Waals surface area contributed by atoms with E-state index in [9.17, 15) is 4.79 Å². The van der Waals surface area contributed by atoms with Crippen LogP contribution < -0.4 is 5.32 Å². The van der Waals surface area contributed by atoms with E-state index in [2.05, 4.69) is 29.0 Å². The number of hydrogen-bond acceptors (Lipinski definition) is 4. The van der Waals surface area contributed by atoms with Crippen LogP contribution in [0.4, 0.5) is 0 Å². The molecule has 2 aliphatic heterocycles. The Balaban J connectivity index is 0.00000220. The van der Waals surface area contributed by atoms with E-state index in [-0.39, 0.29) is 30.2 Å². The third-order valence-corrected chi connectivity index (χ3v) is 4.77. The van der Waals surface area contributed by atoms with E-state index in [1.165, 1.54) is 0 Å². The molecule has 0 saturated carbocycles. The predicted molar refractivity (Wildman–Crippen MR) is 94.2 cm³/mol. The SMILES string of the molecule is COCC1(C(=O)N2CCN(C(C)C)CC2)CCNCC1.Cl.Cl. The van der Waals surface area contributed by atoms with Crippen molar-refractivity contribution in [2.45, 2.75) is 32.7 Å². The van der Waals surface area contributed by atoms with Crippen LogP contribution in [-0.4, -0.2) is 74.7 Å². The van der Waals surface area contributed by atoms with Crippen LogP contribution in [0.15, 0.2) is 0 Å². The van der Waals surface area contributed by atoms with Crippen molar-refractivity contribution >= 4 is 30.7 Å². The maximum absolute atomic E-state index is 12.9. The minimum Gasteiger partial charge on any atom is -0.384 e. The smallest absolute Gasteiger partial charge is 0.231 e. The third-order valence-electron chi connectivity index (χ3n) is 4.77. The van der Waals surface area contributed by atoms with Crippen molar-refractivity contribution in [3.63, 3.8) is 0 Å². The Morgan fingerprint density at radius 2 is 1.68 bits per heavy atom. The Morgan fingerprint density at radius 1 is 1.14 bits per heavy atom. The van der Waals surface area contributed by atoms with Gasteiger partial charge in [0, 0.05) is 39.3 Å². The molecule has 2 rings (SSSR count). The van der Waals surface area contributed by atoms with Gasteiger partial charge in [0.15, 0.2) is 0 Å². The highest BCUT2D eigenvalue weighted by Crippen LogP contribution is 2.32. The zero-order valence-corrected chi connectivity index (χ0v) is 15.6. The minimum absolute atomic E-state index is 0. The molecule has 22 heavy (non-hydrogen) atoms. The second-order valence-electron chi connectivity index (χ2n) is 6.39. The minimum atomic E-state index is -0.292. The van der Waals surface area contributed by atoms with Gasteiger partial charge in [0.1, 0.15) is 0 Å². The zero-order valence-electron chi connectivity index (χ0n) is 14.0. The van der Waals surface area contributed by atoms with E-state index < -0.39 is 0 Å². The molecule has 2 aliphatic rings. The van der Waals surface area contributed by atoms with Crippen molar-refractivity contribution in [1.82, 2.24) is 15.1 Å². The van der Waals surface area contributed by atoms with Crippen LogP contribution in [0, 0.1) is 5.41 Å². The van der Waals surface area contributed by atoms with Crippen LogP contribution in [0.1, 0.15) is 26.7 Å². The first-order valence-corrected chi connectivity index (χ1v) is 7.82. The molecule has 0 atom stereocenters. The number of piperazine rings is 1. The zero-order chi connectivity index (χ0) is 14.6. The number of ether oxygens (including phenoxy) is 1. The Bertz CT molecular complexity index is 323. The number of hydrogen-bond donors (Lipinski definition) is 1. The fraction of sp³-hybridized carbons (Fsp3) is 0.933. The maximum atomic E-state index is 12.9. The predicted octanol–water partition coefficient (Wildman–Crippen LogP) is 1.40. The molecular weight excluding hydrogens is 325 g/mol. The number of carbonyl (C=O) groups excluding carboxylic acids is 1. The summed E-state index contributed by atoms with van der Waals surface area (Å²) in [4.78, 5) is 17.4. The van der Waals surface area contributed by atoms with Crippen molar-refractivity contribution in [1.29, 1.82) is 0 Å². The Morgan fingerprint density at radius 3 is 2.14 bits per heavy atom. The van der Waals surface area contributed by atoms with Crippen molar-refractivity contribution in [2.75, 3.05) is 53.0 Å². The maximum Gasteiger partial charge on any atom is 0.231 e. The lowest BCUT2D eigenvalue weighted by Crippen LogP contribution is -2.57. The summed E-state index contributed by atoms with van der Waals surface area (Å²) >= 11 is 0. The van der Waals surface area contributed by atoms with Crippen molar-refractivity contribution in [3.8, 4) is 0 Å².